The van der Waals surface area contributed by atoms with Gasteiger partial charge in [0.25, 0.3) is 0 Å². The van der Waals surface area contributed by atoms with Crippen molar-refractivity contribution < 1.29 is 4.79 Å². The van der Waals surface area contributed by atoms with Crippen LogP contribution >= 0.6 is 0 Å². The zero-order chi connectivity index (χ0) is 10.7. The van der Waals surface area contributed by atoms with Crippen molar-refractivity contribution in [1.82, 2.24) is 20.3 Å². The fourth-order valence-corrected chi connectivity index (χ4v) is 1.84. The molecule has 82 valence electrons. The minimum absolute atomic E-state index is 0.0918. The van der Waals surface area contributed by atoms with Gasteiger partial charge in [-0.05, 0) is 26.3 Å². The number of nitrogens with zero attached hydrogens (tertiary/aromatic N) is 3. The lowest BCUT2D eigenvalue weighted by Gasteiger charge is -2.06. The van der Waals surface area contributed by atoms with E-state index in [1.165, 1.54) is 6.42 Å². The summed E-state index contributed by atoms with van der Waals surface area (Å²) in [6.07, 6.45) is 4.52. The molecule has 2 rings (SSSR count). The number of ketones is 1. The first-order valence-corrected chi connectivity index (χ1v) is 5.46. The molecule has 5 heteroatoms. The van der Waals surface area contributed by atoms with Crippen molar-refractivity contribution in [2.24, 2.45) is 0 Å². The molecule has 1 aliphatic rings. The van der Waals surface area contributed by atoms with Gasteiger partial charge in [0.2, 0.25) is 0 Å². The third kappa shape index (κ3) is 2.41. The summed E-state index contributed by atoms with van der Waals surface area (Å²) in [6, 6.07) is 0.337. The van der Waals surface area contributed by atoms with E-state index < -0.39 is 0 Å². The molecule has 0 spiro atoms. The smallest absolute Gasteiger partial charge is 0.186 e. The van der Waals surface area contributed by atoms with Crippen molar-refractivity contribution in [3.8, 4) is 0 Å². The van der Waals surface area contributed by atoms with Gasteiger partial charge in [-0.25, -0.2) is 0 Å². The van der Waals surface area contributed by atoms with Crippen molar-refractivity contribution >= 4 is 5.78 Å². The molecule has 1 aliphatic heterocycles. The summed E-state index contributed by atoms with van der Waals surface area (Å²) in [6.45, 7) is 3.75. The van der Waals surface area contributed by atoms with Crippen molar-refractivity contribution in [1.29, 1.82) is 0 Å². The van der Waals surface area contributed by atoms with Gasteiger partial charge in [-0.3, -0.25) is 9.48 Å². The molecule has 0 radical (unpaired) electrons. The van der Waals surface area contributed by atoms with Crippen LogP contribution in [-0.4, -0.2) is 33.4 Å². The summed E-state index contributed by atoms with van der Waals surface area (Å²) in [5.74, 6) is 0.0918. The third-order valence-electron chi connectivity index (χ3n) is 2.74. The van der Waals surface area contributed by atoms with Gasteiger partial charge in [0.15, 0.2) is 5.78 Å². The molecule has 1 N–H and O–H groups in total. The van der Waals surface area contributed by atoms with Crippen LogP contribution in [-0.2, 0) is 6.54 Å². The van der Waals surface area contributed by atoms with Crippen molar-refractivity contribution in [3.05, 3.63) is 11.9 Å². The van der Waals surface area contributed by atoms with Crippen LogP contribution in [0.25, 0.3) is 0 Å². The molecule has 0 bridgehead atoms. The van der Waals surface area contributed by atoms with Crippen molar-refractivity contribution in [3.63, 3.8) is 0 Å². The maximum absolute atomic E-state index is 11.8. The number of carbonyl (C=O) groups excluding carboxylic acids is 1. The molecule has 1 unspecified atom stereocenters. The number of nitrogens with one attached hydrogen (secondary N) is 1. The Morgan fingerprint density at radius 1 is 1.73 bits per heavy atom. The highest BCUT2D eigenvalue weighted by atomic mass is 16.1. The molecule has 5 nitrogen and oxygen atoms in total. The first kappa shape index (κ1) is 10.3. The molecule has 0 amide bonds. The largest absolute Gasteiger partial charge is 0.314 e. The molecule has 1 atom stereocenters. The summed E-state index contributed by atoms with van der Waals surface area (Å²) in [4.78, 5) is 11.8. The number of carbonyl (C=O) groups is 1. The number of aromatic nitrogens is 3. The fraction of sp³-hybridized carbons (Fsp3) is 0.700. The predicted molar refractivity (Wildman–Crippen MR) is 55.7 cm³/mol. The Balaban J connectivity index is 1.94. The summed E-state index contributed by atoms with van der Waals surface area (Å²) < 4.78 is 1.68. The lowest BCUT2D eigenvalue weighted by atomic mass is 10.1. The number of Topliss-reactive ketones (excluding diaryl/α,β-unsaturated/α-hetero) is 1. The van der Waals surface area contributed by atoms with E-state index in [9.17, 15) is 4.79 Å². The zero-order valence-electron chi connectivity index (χ0n) is 8.94. The molecule has 1 saturated heterocycles. The van der Waals surface area contributed by atoms with Gasteiger partial charge in [0, 0.05) is 19.0 Å². The quantitative estimate of drug-likeness (QED) is 0.737. The molecule has 0 saturated carbocycles. The Kier molecular flexibility index (Phi) is 3.11. The van der Waals surface area contributed by atoms with E-state index >= 15 is 0 Å². The molecular formula is C10H16N4O. The highest BCUT2D eigenvalue weighted by Crippen LogP contribution is 2.11. The van der Waals surface area contributed by atoms with E-state index in [4.69, 9.17) is 0 Å². The average molecular weight is 208 g/mol. The van der Waals surface area contributed by atoms with Gasteiger partial charge in [-0.1, -0.05) is 5.21 Å². The predicted octanol–water partition coefficient (Wildman–Crippen LogP) is 0.623. The number of hydrogen-bond acceptors (Lipinski definition) is 4. The normalized spacial score (nSPS) is 20.7. The van der Waals surface area contributed by atoms with Crippen LogP contribution in [0.2, 0.25) is 0 Å². The van der Waals surface area contributed by atoms with Crippen LogP contribution in [0.4, 0.5) is 0 Å². The maximum Gasteiger partial charge on any atom is 0.186 e. The van der Waals surface area contributed by atoms with Crippen LogP contribution < -0.4 is 5.32 Å². The second-order valence-electron chi connectivity index (χ2n) is 3.88. The zero-order valence-corrected chi connectivity index (χ0v) is 8.94. The molecule has 15 heavy (non-hydrogen) atoms. The van der Waals surface area contributed by atoms with E-state index in [1.54, 1.807) is 10.9 Å². The minimum Gasteiger partial charge on any atom is -0.314 e. The van der Waals surface area contributed by atoms with E-state index in [0.717, 1.165) is 19.5 Å². The Morgan fingerprint density at radius 2 is 2.60 bits per heavy atom. The number of rotatable bonds is 4. The van der Waals surface area contributed by atoms with E-state index in [1.807, 2.05) is 6.92 Å². The Bertz CT molecular complexity index is 341. The monoisotopic (exact) mass is 208 g/mol. The summed E-state index contributed by atoms with van der Waals surface area (Å²) in [5.41, 5.74) is 0.491. The van der Waals surface area contributed by atoms with Crippen molar-refractivity contribution in [2.75, 3.05) is 6.54 Å². The Morgan fingerprint density at radius 3 is 3.20 bits per heavy atom. The molecule has 1 aromatic heterocycles. The van der Waals surface area contributed by atoms with Crippen molar-refractivity contribution in [2.45, 2.75) is 38.8 Å². The van der Waals surface area contributed by atoms with E-state index in [-0.39, 0.29) is 5.78 Å². The van der Waals surface area contributed by atoms with E-state index in [0.29, 0.717) is 18.2 Å². The summed E-state index contributed by atoms with van der Waals surface area (Å²) in [7, 11) is 0. The Hall–Kier alpha value is -1.23. The minimum atomic E-state index is 0.0918. The molecule has 0 aliphatic carbocycles. The highest BCUT2D eigenvalue weighted by Gasteiger charge is 2.20. The van der Waals surface area contributed by atoms with Crippen LogP contribution in [0.5, 0.6) is 0 Å². The second-order valence-corrected chi connectivity index (χ2v) is 3.88. The maximum atomic E-state index is 11.8. The van der Waals surface area contributed by atoms with Gasteiger partial charge < -0.3 is 5.32 Å². The molecule has 2 heterocycles. The second kappa shape index (κ2) is 4.53. The van der Waals surface area contributed by atoms with Gasteiger partial charge in [0.1, 0.15) is 5.69 Å². The van der Waals surface area contributed by atoms with Gasteiger partial charge in [-0.2, -0.15) is 0 Å². The molecule has 1 fully saturated rings. The van der Waals surface area contributed by atoms with Crippen LogP contribution in [0.1, 0.15) is 36.7 Å². The summed E-state index contributed by atoms with van der Waals surface area (Å²) >= 11 is 0. The van der Waals surface area contributed by atoms with Crippen LogP contribution in [0, 0.1) is 0 Å². The molecule has 0 aromatic carbocycles. The first-order valence-electron chi connectivity index (χ1n) is 5.46. The van der Waals surface area contributed by atoms with Gasteiger partial charge in [-0.15, -0.1) is 5.10 Å². The Labute approximate surface area is 88.9 Å². The molecular weight excluding hydrogens is 192 g/mol. The topological polar surface area (TPSA) is 59.8 Å². The van der Waals surface area contributed by atoms with Crippen LogP contribution in [0.15, 0.2) is 6.20 Å². The standard InChI is InChI=1S/C10H16N4O/c1-2-14-7-9(12-13-14)10(15)6-8-4-3-5-11-8/h7-8,11H,2-6H2,1H3. The van der Waals surface area contributed by atoms with Gasteiger partial charge >= 0.3 is 0 Å². The lowest BCUT2D eigenvalue weighted by molar-refractivity contribution is 0.0966. The number of hydrogen-bond donors (Lipinski definition) is 1. The fourth-order valence-electron chi connectivity index (χ4n) is 1.84. The lowest BCUT2D eigenvalue weighted by Crippen LogP contribution is -2.24. The van der Waals surface area contributed by atoms with Gasteiger partial charge in [0.05, 0.1) is 6.20 Å². The third-order valence-corrected chi connectivity index (χ3v) is 2.74. The molecule has 1 aromatic rings. The first-order chi connectivity index (χ1) is 7.29. The number of aryl methyl sites for hydroxylation is 1. The van der Waals surface area contributed by atoms with Crippen LogP contribution in [0.3, 0.4) is 0 Å². The average Bonchev–Trinajstić information content (AvgIpc) is 2.86. The summed E-state index contributed by atoms with van der Waals surface area (Å²) in [5, 5.41) is 11.0. The highest BCUT2D eigenvalue weighted by molar-refractivity contribution is 5.94. The van der Waals surface area contributed by atoms with E-state index in [2.05, 4.69) is 15.6 Å². The SMILES string of the molecule is CCn1cc(C(=O)CC2CCCN2)nn1.